The van der Waals surface area contributed by atoms with Crippen molar-refractivity contribution >= 4 is 11.0 Å². The van der Waals surface area contributed by atoms with E-state index in [2.05, 4.69) is 65.7 Å². The molecule has 2 atom stereocenters. The Labute approximate surface area is 154 Å². The summed E-state index contributed by atoms with van der Waals surface area (Å²) in [6, 6.07) is 4.26. The monoisotopic (exact) mass is 347 g/mol. The van der Waals surface area contributed by atoms with Gasteiger partial charge in [-0.25, -0.2) is 9.97 Å². The maximum atomic E-state index is 9.17. The van der Waals surface area contributed by atoms with Crippen LogP contribution in [0.25, 0.3) is 11.0 Å². The Morgan fingerprint density at radius 2 is 2.23 bits per heavy atom. The zero-order chi connectivity index (χ0) is 18.5. The molecule has 5 nitrogen and oxygen atoms in total. The molecule has 1 fully saturated rings. The molecule has 4 rings (SSSR count). The largest absolute Gasteiger partial charge is 0.329 e. The van der Waals surface area contributed by atoms with E-state index in [0.29, 0.717) is 12.5 Å². The Kier molecular flexibility index (Phi) is 3.78. The highest BCUT2D eigenvalue weighted by atomic mass is 15.1. The summed E-state index contributed by atoms with van der Waals surface area (Å²) < 4.78 is 2.29. The molecule has 134 valence electrons. The highest BCUT2D eigenvalue weighted by molar-refractivity contribution is 5.77. The van der Waals surface area contributed by atoms with E-state index in [1.807, 2.05) is 0 Å². The minimum Gasteiger partial charge on any atom is -0.329 e. The Balaban J connectivity index is 1.74. The lowest BCUT2D eigenvalue weighted by Gasteiger charge is -2.23. The van der Waals surface area contributed by atoms with E-state index >= 15 is 0 Å². The van der Waals surface area contributed by atoms with Gasteiger partial charge in [0.2, 0.25) is 5.82 Å². The summed E-state index contributed by atoms with van der Waals surface area (Å²) in [4.78, 5) is 8.65. The Hall–Kier alpha value is -2.45. The zero-order valence-corrected chi connectivity index (χ0v) is 15.7. The van der Waals surface area contributed by atoms with Gasteiger partial charge >= 0.3 is 0 Å². The lowest BCUT2D eigenvalue weighted by Crippen LogP contribution is -2.20. The van der Waals surface area contributed by atoms with Gasteiger partial charge in [0.25, 0.3) is 0 Å². The van der Waals surface area contributed by atoms with Crippen molar-refractivity contribution in [3.8, 4) is 6.07 Å². The molecule has 0 spiro atoms. The van der Waals surface area contributed by atoms with Crippen LogP contribution in [0.4, 0.5) is 0 Å². The fraction of sp³-hybridized carbons (Fsp3) is 0.476. The van der Waals surface area contributed by atoms with Crippen molar-refractivity contribution in [2.24, 2.45) is 22.5 Å². The number of nitrogens with two attached hydrogens (primary N) is 1. The van der Waals surface area contributed by atoms with E-state index in [0.717, 1.165) is 24.0 Å². The van der Waals surface area contributed by atoms with E-state index in [9.17, 15) is 5.26 Å². The molecule has 2 aromatic rings. The van der Waals surface area contributed by atoms with Crippen LogP contribution in [0.5, 0.6) is 0 Å². The molecule has 2 unspecified atom stereocenters. The van der Waals surface area contributed by atoms with Crippen LogP contribution >= 0.6 is 0 Å². The molecule has 0 bridgehead atoms. The number of hydrogen-bond acceptors (Lipinski definition) is 4. The first-order valence-corrected chi connectivity index (χ1v) is 9.19. The molecule has 26 heavy (non-hydrogen) atoms. The molecule has 2 aliphatic carbocycles. The van der Waals surface area contributed by atoms with Crippen LogP contribution in [0.15, 0.2) is 36.1 Å². The first kappa shape index (κ1) is 17.0. The molecule has 2 aliphatic rings. The molecular weight excluding hydrogens is 322 g/mol. The second kappa shape index (κ2) is 5.78. The second-order valence-corrected chi connectivity index (χ2v) is 8.87. The lowest BCUT2D eigenvalue weighted by atomic mass is 9.90. The third-order valence-electron chi connectivity index (χ3n) is 5.42. The van der Waals surface area contributed by atoms with Crippen LogP contribution < -0.4 is 5.73 Å². The predicted octanol–water partition coefficient (Wildman–Crippen LogP) is 3.35. The van der Waals surface area contributed by atoms with Gasteiger partial charge in [-0.05, 0) is 35.8 Å². The third-order valence-corrected chi connectivity index (χ3v) is 5.42. The summed E-state index contributed by atoms with van der Waals surface area (Å²) in [5.41, 5.74) is 9.50. The molecular formula is C21H25N5. The number of nitrogens with zero attached hydrogens (tertiary/aromatic N) is 4. The quantitative estimate of drug-likeness (QED) is 0.919. The molecule has 2 heterocycles. The van der Waals surface area contributed by atoms with Crippen molar-refractivity contribution in [3.05, 3.63) is 47.6 Å². The van der Waals surface area contributed by atoms with Gasteiger partial charge < -0.3 is 10.3 Å². The van der Waals surface area contributed by atoms with Crippen LogP contribution in [0.2, 0.25) is 0 Å². The topological polar surface area (TPSA) is 80.5 Å². The first-order chi connectivity index (χ1) is 12.3. The van der Waals surface area contributed by atoms with Crippen LogP contribution in [0.3, 0.4) is 0 Å². The normalized spacial score (nSPS) is 24.3. The van der Waals surface area contributed by atoms with E-state index in [4.69, 9.17) is 5.73 Å². The number of hydrogen-bond donors (Lipinski definition) is 1. The van der Waals surface area contributed by atoms with Gasteiger partial charge in [0.1, 0.15) is 11.7 Å². The zero-order valence-electron chi connectivity index (χ0n) is 15.7. The van der Waals surface area contributed by atoms with Crippen LogP contribution in [-0.4, -0.2) is 21.1 Å². The van der Waals surface area contributed by atoms with Crippen LogP contribution in [0.1, 0.15) is 38.7 Å². The minimum absolute atomic E-state index is 0.119. The molecule has 1 saturated carbocycles. The number of allylic oxidation sites excluding steroid dienone is 2. The van der Waals surface area contributed by atoms with Crippen LogP contribution in [-0.2, 0) is 13.0 Å². The molecule has 2 N–H and O–H groups in total. The summed E-state index contributed by atoms with van der Waals surface area (Å²) in [6.45, 7) is 8.15. The van der Waals surface area contributed by atoms with Gasteiger partial charge in [0.15, 0.2) is 0 Å². The lowest BCUT2D eigenvalue weighted by molar-refractivity contribution is 0.340. The van der Waals surface area contributed by atoms with E-state index in [1.54, 1.807) is 6.20 Å². The van der Waals surface area contributed by atoms with Crippen molar-refractivity contribution in [1.82, 2.24) is 14.5 Å². The maximum absolute atomic E-state index is 9.17. The fourth-order valence-electron chi connectivity index (χ4n) is 4.03. The summed E-state index contributed by atoms with van der Waals surface area (Å²) in [7, 11) is 0. The van der Waals surface area contributed by atoms with Gasteiger partial charge in [-0.2, -0.15) is 5.26 Å². The average Bonchev–Trinajstić information content (AvgIpc) is 3.22. The highest BCUT2D eigenvalue weighted by Crippen LogP contribution is 2.59. The number of rotatable bonds is 4. The molecule has 2 aromatic heterocycles. The minimum atomic E-state index is 0.119. The number of nitriles is 1. The van der Waals surface area contributed by atoms with Gasteiger partial charge in [-0.15, -0.1) is 0 Å². The summed E-state index contributed by atoms with van der Waals surface area (Å²) >= 11 is 0. The smallest absolute Gasteiger partial charge is 0.234 e. The Morgan fingerprint density at radius 3 is 2.88 bits per heavy atom. The molecule has 5 heteroatoms. The van der Waals surface area contributed by atoms with E-state index in [1.165, 1.54) is 17.7 Å². The first-order valence-electron chi connectivity index (χ1n) is 9.19. The SMILES string of the molecule is CC(C)(C)Cn1c(CC23C=CC(CN)=CC2C3)cc2cnc(C#N)nc21. The summed E-state index contributed by atoms with van der Waals surface area (Å²) in [5.74, 6) is 0.820. The molecule has 0 aliphatic heterocycles. The molecule has 0 aromatic carbocycles. The van der Waals surface area contributed by atoms with Crippen molar-refractivity contribution < 1.29 is 0 Å². The molecule has 0 saturated heterocycles. The second-order valence-electron chi connectivity index (χ2n) is 8.87. The number of aromatic nitrogens is 3. The standard InChI is InChI=1S/C21H25N5/c1-20(2,3)13-26-17(7-15-12-24-18(11-23)25-19(15)26)9-21-5-4-14(10-22)6-16(21)8-21/h4-7,12,16H,8-10,13,22H2,1-3H3. The Morgan fingerprint density at radius 1 is 1.42 bits per heavy atom. The molecule has 0 radical (unpaired) electrons. The fourth-order valence-corrected chi connectivity index (χ4v) is 4.03. The summed E-state index contributed by atoms with van der Waals surface area (Å²) in [6.07, 6.45) is 10.8. The average molecular weight is 347 g/mol. The number of fused-ring (bicyclic) bond motifs is 2. The Bertz CT molecular complexity index is 967. The van der Waals surface area contributed by atoms with Crippen molar-refractivity contribution in [3.63, 3.8) is 0 Å². The van der Waals surface area contributed by atoms with Gasteiger partial charge in [0.05, 0.1) is 0 Å². The van der Waals surface area contributed by atoms with Gasteiger partial charge in [0, 0.05) is 35.8 Å². The third kappa shape index (κ3) is 2.95. The van der Waals surface area contributed by atoms with Gasteiger partial charge in [-0.1, -0.05) is 39.0 Å². The van der Waals surface area contributed by atoms with Crippen molar-refractivity contribution in [2.45, 2.75) is 40.2 Å². The summed E-state index contributed by atoms with van der Waals surface area (Å²) in [5, 5.41) is 10.2. The van der Waals surface area contributed by atoms with Gasteiger partial charge in [-0.3, -0.25) is 0 Å². The van der Waals surface area contributed by atoms with Crippen molar-refractivity contribution in [2.75, 3.05) is 6.54 Å². The molecule has 0 amide bonds. The van der Waals surface area contributed by atoms with E-state index < -0.39 is 0 Å². The maximum Gasteiger partial charge on any atom is 0.234 e. The highest BCUT2D eigenvalue weighted by Gasteiger charge is 2.52. The van der Waals surface area contributed by atoms with E-state index in [-0.39, 0.29) is 16.7 Å². The van der Waals surface area contributed by atoms with Crippen molar-refractivity contribution in [1.29, 1.82) is 5.26 Å². The van der Waals surface area contributed by atoms with Crippen LogP contribution in [0, 0.1) is 28.1 Å². The predicted molar refractivity (Wildman–Crippen MR) is 102 cm³/mol.